The van der Waals surface area contributed by atoms with E-state index in [-0.39, 0.29) is 0 Å². The summed E-state index contributed by atoms with van der Waals surface area (Å²) < 4.78 is 8.11. The number of hydrogen-bond acceptors (Lipinski definition) is 3. The molecule has 2 aromatic rings. The summed E-state index contributed by atoms with van der Waals surface area (Å²) in [6, 6.07) is 8.29. The first-order valence-electron chi connectivity index (χ1n) is 4.77. The summed E-state index contributed by atoms with van der Waals surface area (Å²) in [5.74, 6) is 0.545. The Bertz CT molecular complexity index is 448. The number of rotatable bonds is 2. The summed E-state index contributed by atoms with van der Waals surface area (Å²) in [6.07, 6.45) is 0. The van der Waals surface area contributed by atoms with Gasteiger partial charge in [0, 0.05) is 5.56 Å². The van der Waals surface area contributed by atoms with Gasteiger partial charge in [-0.1, -0.05) is 49.7 Å². The number of halogens is 1. The van der Waals surface area contributed by atoms with Crippen LogP contribution in [-0.4, -0.2) is 8.75 Å². The molecular formula is C11H11ClN2S. The van der Waals surface area contributed by atoms with Gasteiger partial charge in [0.25, 0.3) is 0 Å². The normalized spacial score (nSPS) is 10.9. The van der Waals surface area contributed by atoms with Crippen molar-refractivity contribution in [2.75, 3.05) is 0 Å². The lowest BCUT2D eigenvalue weighted by molar-refractivity contribution is 0.867. The molecule has 0 fully saturated rings. The summed E-state index contributed by atoms with van der Waals surface area (Å²) in [5, 5.41) is 0.484. The van der Waals surface area contributed by atoms with Gasteiger partial charge < -0.3 is 0 Å². The summed E-state index contributed by atoms with van der Waals surface area (Å²) >= 11 is 7.05. The first-order valence-corrected chi connectivity index (χ1v) is 5.87. The van der Waals surface area contributed by atoms with E-state index in [2.05, 4.69) is 34.7 Å². The molecule has 1 aromatic heterocycles. The zero-order chi connectivity index (χ0) is 10.8. The van der Waals surface area contributed by atoms with Crippen LogP contribution < -0.4 is 0 Å². The van der Waals surface area contributed by atoms with E-state index in [0.29, 0.717) is 11.1 Å². The van der Waals surface area contributed by atoms with Crippen molar-refractivity contribution in [3.63, 3.8) is 0 Å². The lowest BCUT2D eigenvalue weighted by Crippen LogP contribution is -1.86. The molecule has 0 saturated heterocycles. The van der Waals surface area contributed by atoms with Crippen LogP contribution in [0.15, 0.2) is 24.3 Å². The Morgan fingerprint density at radius 2 is 1.80 bits per heavy atom. The fourth-order valence-corrected chi connectivity index (χ4v) is 2.14. The third-order valence-electron chi connectivity index (χ3n) is 2.30. The Labute approximate surface area is 98.2 Å². The highest BCUT2D eigenvalue weighted by Crippen LogP contribution is 2.26. The van der Waals surface area contributed by atoms with Gasteiger partial charge in [-0.3, -0.25) is 0 Å². The summed E-state index contributed by atoms with van der Waals surface area (Å²) in [6.45, 7) is 4.35. The third-order valence-corrected chi connectivity index (χ3v) is 3.19. The highest BCUT2D eigenvalue weighted by Gasteiger charge is 2.08. The number of benzene rings is 1. The topological polar surface area (TPSA) is 25.8 Å². The van der Waals surface area contributed by atoms with Crippen LogP contribution in [0.5, 0.6) is 0 Å². The molecule has 0 amide bonds. The lowest BCUT2D eigenvalue weighted by atomic mass is 10.0. The minimum absolute atomic E-state index is 0.484. The van der Waals surface area contributed by atoms with E-state index in [1.165, 1.54) is 5.56 Å². The molecule has 0 aliphatic carbocycles. The van der Waals surface area contributed by atoms with Gasteiger partial charge in [0.2, 0.25) is 0 Å². The minimum Gasteiger partial charge on any atom is -0.171 e. The van der Waals surface area contributed by atoms with Gasteiger partial charge in [-0.05, 0) is 11.5 Å². The van der Waals surface area contributed by atoms with Crippen molar-refractivity contribution >= 4 is 23.3 Å². The van der Waals surface area contributed by atoms with E-state index in [1.54, 1.807) is 0 Å². The standard InChI is InChI=1S/C11H11ClN2S/c1-7(2)8-3-5-9(6-4-8)10-11(12)14-15-13-10/h3-7H,1-2H3. The maximum atomic E-state index is 5.91. The Kier molecular flexibility index (Phi) is 3.03. The maximum absolute atomic E-state index is 5.91. The smallest absolute Gasteiger partial charge is 0.170 e. The zero-order valence-electron chi connectivity index (χ0n) is 8.57. The molecule has 0 atom stereocenters. The molecule has 0 N–H and O–H groups in total. The summed E-state index contributed by atoms with van der Waals surface area (Å²) in [4.78, 5) is 0. The van der Waals surface area contributed by atoms with Crippen LogP contribution in [0.1, 0.15) is 25.3 Å². The molecule has 0 radical (unpaired) electrons. The fourth-order valence-electron chi connectivity index (χ4n) is 1.38. The van der Waals surface area contributed by atoms with Crippen LogP contribution >= 0.6 is 23.3 Å². The van der Waals surface area contributed by atoms with Gasteiger partial charge in [0.05, 0.1) is 11.7 Å². The van der Waals surface area contributed by atoms with Crippen molar-refractivity contribution in [3.05, 3.63) is 35.0 Å². The maximum Gasteiger partial charge on any atom is 0.170 e. The van der Waals surface area contributed by atoms with Crippen LogP contribution in [0, 0.1) is 0 Å². The van der Waals surface area contributed by atoms with E-state index < -0.39 is 0 Å². The SMILES string of the molecule is CC(C)c1ccc(-c2nsnc2Cl)cc1. The number of aromatic nitrogens is 2. The second-order valence-corrected chi connectivity index (χ2v) is 4.57. The van der Waals surface area contributed by atoms with Gasteiger partial charge in [-0.2, -0.15) is 8.75 Å². The van der Waals surface area contributed by atoms with E-state index >= 15 is 0 Å². The van der Waals surface area contributed by atoms with Gasteiger partial charge in [-0.15, -0.1) is 0 Å². The van der Waals surface area contributed by atoms with Gasteiger partial charge in [-0.25, -0.2) is 0 Å². The molecule has 15 heavy (non-hydrogen) atoms. The predicted octanol–water partition coefficient (Wildman–Crippen LogP) is 3.98. The monoisotopic (exact) mass is 238 g/mol. The van der Waals surface area contributed by atoms with E-state index in [1.807, 2.05) is 12.1 Å². The average Bonchev–Trinajstić information content (AvgIpc) is 2.65. The van der Waals surface area contributed by atoms with E-state index in [9.17, 15) is 0 Å². The van der Waals surface area contributed by atoms with E-state index in [4.69, 9.17) is 11.6 Å². The molecule has 2 nitrogen and oxygen atoms in total. The molecule has 0 spiro atoms. The van der Waals surface area contributed by atoms with Crippen molar-refractivity contribution in [1.29, 1.82) is 0 Å². The lowest BCUT2D eigenvalue weighted by Gasteiger charge is -2.05. The molecule has 1 aromatic carbocycles. The van der Waals surface area contributed by atoms with Crippen molar-refractivity contribution in [2.24, 2.45) is 0 Å². The zero-order valence-corrected chi connectivity index (χ0v) is 10.1. The van der Waals surface area contributed by atoms with Crippen molar-refractivity contribution in [2.45, 2.75) is 19.8 Å². The Morgan fingerprint density at radius 3 is 2.27 bits per heavy atom. The van der Waals surface area contributed by atoms with Crippen LogP contribution in [0.4, 0.5) is 0 Å². The molecule has 4 heteroatoms. The molecular weight excluding hydrogens is 228 g/mol. The quantitative estimate of drug-likeness (QED) is 0.791. The van der Waals surface area contributed by atoms with Crippen molar-refractivity contribution in [1.82, 2.24) is 8.75 Å². The fraction of sp³-hybridized carbons (Fsp3) is 0.273. The van der Waals surface area contributed by atoms with Gasteiger partial charge >= 0.3 is 0 Å². The summed E-state index contributed by atoms with van der Waals surface area (Å²) in [7, 11) is 0. The summed E-state index contributed by atoms with van der Waals surface area (Å²) in [5.41, 5.74) is 3.12. The predicted molar refractivity (Wildman–Crippen MR) is 64.4 cm³/mol. The largest absolute Gasteiger partial charge is 0.171 e. The molecule has 78 valence electrons. The van der Waals surface area contributed by atoms with Crippen molar-refractivity contribution < 1.29 is 0 Å². The van der Waals surface area contributed by atoms with Crippen LogP contribution in [-0.2, 0) is 0 Å². The molecule has 0 unspecified atom stereocenters. The van der Waals surface area contributed by atoms with Crippen molar-refractivity contribution in [3.8, 4) is 11.3 Å². The van der Waals surface area contributed by atoms with Crippen LogP contribution in [0.3, 0.4) is 0 Å². The van der Waals surface area contributed by atoms with Crippen LogP contribution in [0.2, 0.25) is 5.15 Å². The first kappa shape index (κ1) is 10.6. The van der Waals surface area contributed by atoms with Gasteiger partial charge in [0.1, 0.15) is 5.69 Å². The van der Waals surface area contributed by atoms with E-state index in [0.717, 1.165) is 23.0 Å². The second-order valence-electron chi connectivity index (χ2n) is 3.68. The molecule has 2 rings (SSSR count). The highest BCUT2D eigenvalue weighted by atomic mass is 35.5. The Morgan fingerprint density at radius 1 is 1.13 bits per heavy atom. The molecule has 0 bridgehead atoms. The van der Waals surface area contributed by atoms with Crippen LogP contribution in [0.25, 0.3) is 11.3 Å². The molecule has 0 saturated carbocycles. The molecule has 0 aliphatic heterocycles. The third kappa shape index (κ3) is 2.19. The molecule has 0 aliphatic rings. The average molecular weight is 239 g/mol. The number of nitrogens with zero attached hydrogens (tertiary/aromatic N) is 2. The Hall–Kier alpha value is -0.930. The second kappa shape index (κ2) is 4.29. The molecule has 1 heterocycles. The number of hydrogen-bond donors (Lipinski definition) is 0. The first-order chi connectivity index (χ1) is 7.18. The highest BCUT2D eigenvalue weighted by molar-refractivity contribution is 6.99. The van der Waals surface area contributed by atoms with Gasteiger partial charge in [0.15, 0.2) is 5.15 Å². The Balaban J connectivity index is 2.36. The minimum atomic E-state index is 0.484.